The van der Waals surface area contributed by atoms with Gasteiger partial charge in [-0.25, -0.2) is 0 Å². The van der Waals surface area contributed by atoms with Gasteiger partial charge in [-0.3, -0.25) is 4.79 Å². The van der Waals surface area contributed by atoms with Crippen molar-refractivity contribution in [3.05, 3.63) is 0 Å². The van der Waals surface area contributed by atoms with Crippen molar-refractivity contribution in [3.8, 4) is 0 Å². The average molecular weight is 253 g/mol. The molecule has 2 fully saturated rings. The molecule has 0 aromatic rings. The van der Waals surface area contributed by atoms with Gasteiger partial charge in [-0.2, -0.15) is 0 Å². The Labute approximate surface area is 110 Å². The molecular formula is C14H27N3O. The number of carbonyl (C=O) groups is 1. The Morgan fingerprint density at radius 3 is 2.61 bits per heavy atom. The third kappa shape index (κ3) is 3.45. The first-order chi connectivity index (χ1) is 8.63. The lowest BCUT2D eigenvalue weighted by Gasteiger charge is -2.37. The van der Waals surface area contributed by atoms with Gasteiger partial charge in [-0.15, -0.1) is 0 Å². The molecule has 0 bridgehead atoms. The van der Waals surface area contributed by atoms with Crippen LogP contribution in [0.3, 0.4) is 0 Å². The van der Waals surface area contributed by atoms with Crippen molar-refractivity contribution in [1.82, 2.24) is 15.5 Å². The van der Waals surface area contributed by atoms with Crippen LogP contribution in [-0.4, -0.2) is 49.6 Å². The van der Waals surface area contributed by atoms with Crippen LogP contribution in [0.4, 0.5) is 0 Å². The largest absolute Gasteiger partial charge is 0.352 e. The highest BCUT2D eigenvalue weighted by Gasteiger charge is 2.33. The number of hydrogen-bond donors (Lipinski definition) is 2. The molecule has 4 nitrogen and oxygen atoms in total. The van der Waals surface area contributed by atoms with E-state index in [4.69, 9.17) is 0 Å². The molecule has 1 heterocycles. The highest BCUT2D eigenvalue weighted by molar-refractivity contribution is 5.77. The fourth-order valence-electron chi connectivity index (χ4n) is 3.38. The third-order valence-corrected chi connectivity index (χ3v) is 4.60. The second-order valence-electron chi connectivity index (χ2n) is 6.08. The normalized spacial score (nSPS) is 28.2. The molecule has 4 heteroatoms. The van der Waals surface area contributed by atoms with E-state index in [1.54, 1.807) is 0 Å². The molecule has 1 saturated heterocycles. The molecule has 18 heavy (non-hydrogen) atoms. The van der Waals surface area contributed by atoms with Gasteiger partial charge in [0.05, 0.1) is 0 Å². The molecule has 1 unspecified atom stereocenters. The summed E-state index contributed by atoms with van der Waals surface area (Å²) in [5.74, 6) is 0.228. The summed E-state index contributed by atoms with van der Waals surface area (Å²) < 4.78 is 0. The van der Waals surface area contributed by atoms with E-state index in [-0.39, 0.29) is 11.4 Å². The molecule has 2 rings (SSSR count). The van der Waals surface area contributed by atoms with Crippen LogP contribution >= 0.6 is 0 Å². The molecule has 2 N–H and O–H groups in total. The van der Waals surface area contributed by atoms with Crippen molar-refractivity contribution in [2.75, 3.05) is 27.2 Å². The molecule has 0 aromatic heterocycles. The highest BCUT2D eigenvalue weighted by Crippen LogP contribution is 2.30. The fraction of sp³-hybridized carbons (Fsp3) is 0.929. The first-order valence-corrected chi connectivity index (χ1v) is 7.30. The Kier molecular flexibility index (Phi) is 4.62. The van der Waals surface area contributed by atoms with Gasteiger partial charge in [0.1, 0.15) is 0 Å². The van der Waals surface area contributed by atoms with Gasteiger partial charge in [-0.1, -0.05) is 19.3 Å². The van der Waals surface area contributed by atoms with Crippen LogP contribution in [0.25, 0.3) is 0 Å². The van der Waals surface area contributed by atoms with Crippen LogP contribution in [0.5, 0.6) is 0 Å². The number of nitrogens with zero attached hydrogens (tertiary/aromatic N) is 1. The van der Waals surface area contributed by atoms with Crippen LogP contribution in [0, 0.1) is 0 Å². The molecule has 1 aliphatic heterocycles. The lowest BCUT2D eigenvalue weighted by atomic mass is 9.79. The van der Waals surface area contributed by atoms with Crippen molar-refractivity contribution in [2.24, 2.45) is 0 Å². The summed E-state index contributed by atoms with van der Waals surface area (Å²) in [5.41, 5.74) is 0.0623. The Morgan fingerprint density at radius 1 is 1.33 bits per heavy atom. The number of likely N-dealkylation sites (N-methyl/N-ethyl adjacent to an activating group) is 1. The summed E-state index contributed by atoms with van der Waals surface area (Å²) in [6, 6.07) is 0.361. The van der Waals surface area contributed by atoms with E-state index in [2.05, 4.69) is 22.6 Å². The van der Waals surface area contributed by atoms with Crippen molar-refractivity contribution < 1.29 is 4.79 Å². The fourth-order valence-corrected chi connectivity index (χ4v) is 3.38. The minimum atomic E-state index is 0.0623. The minimum Gasteiger partial charge on any atom is -0.352 e. The van der Waals surface area contributed by atoms with Crippen LogP contribution in [0.15, 0.2) is 0 Å². The van der Waals surface area contributed by atoms with Gasteiger partial charge in [0.15, 0.2) is 0 Å². The Bertz CT molecular complexity index is 287. The van der Waals surface area contributed by atoms with Gasteiger partial charge >= 0.3 is 0 Å². The maximum Gasteiger partial charge on any atom is 0.222 e. The number of likely N-dealkylation sites (tertiary alicyclic amines) is 1. The van der Waals surface area contributed by atoms with Crippen molar-refractivity contribution in [1.29, 1.82) is 0 Å². The van der Waals surface area contributed by atoms with E-state index >= 15 is 0 Å². The van der Waals surface area contributed by atoms with E-state index in [0.29, 0.717) is 12.5 Å². The van der Waals surface area contributed by atoms with Gasteiger partial charge in [0.25, 0.3) is 0 Å². The predicted octanol–water partition coefficient (Wildman–Crippen LogP) is 1.12. The molecular weight excluding hydrogens is 226 g/mol. The first-order valence-electron chi connectivity index (χ1n) is 7.30. The summed E-state index contributed by atoms with van der Waals surface area (Å²) >= 11 is 0. The number of carbonyl (C=O) groups excluding carboxylic acids is 1. The maximum absolute atomic E-state index is 12.2. The third-order valence-electron chi connectivity index (χ3n) is 4.60. The summed E-state index contributed by atoms with van der Waals surface area (Å²) in [6.45, 7) is 2.10. The van der Waals surface area contributed by atoms with Crippen molar-refractivity contribution in [3.63, 3.8) is 0 Å². The number of rotatable bonds is 4. The van der Waals surface area contributed by atoms with Crippen molar-refractivity contribution >= 4 is 5.91 Å². The summed E-state index contributed by atoms with van der Waals surface area (Å²) in [6.07, 6.45) is 7.83. The van der Waals surface area contributed by atoms with Gasteiger partial charge in [0.2, 0.25) is 5.91 Å². The molecule has 1 atom stereocenters. The molecule has 0 spiro atoms. The van der Waals surface area contributed by atoms with Crippen LogP contribution in [-0.2, 0) is 4.79 Å². The Hall–Kier alpha value is -0.610. The zero-order chi connectivity index (χ0) is 13.0. The molecule has 0 aromatic carbocycles. The second kappa shape index (κ2) is 6.02. The predicted molar refractivity (Wildman–Crippen MR) is 73.5 cm³/mol. The summed E-state index contributed by atoms with van der Waals surface area (Å²) in [5, 5.41) is 6.61. The van der Waals surface area contributed by atoms with Gasteiger partial charge in [-0.05, 0) is 39.9 Å². The lowest BCUT2D eigenvalue weighted by Crippen LogP contribution is -2.49. The summed E-state index contributed by atoms with van der Waals surface area (Å²) in [7, 11) is 4.12. The minimum absolute atomic E-state index is 0.0623. The molecule has 0 radical (unpaired) electrons. The van der Waals surface area contributed by atoms with E-state index in [1.165, 1.54) is 19.3 Å². The molecule has 1 saturated carbocycles. The average Bonchev–Trinajstić information content (AvgIpc) is 2.75. The number of hydrogen-bond acceptors (Lipinski definition) is 3. The van der Waals surface area contributed by atoms with Crippen LogP contribution in [0.2, 0.25) is 0 Å². The van der Waals surface area contributed by atoms with E-state index in [0.717, 1.165) is 32.4 Å². The number of amides is 1. The Balaban J connectivity index is 1.81. The smallest absolute Gasteiger partial charge is 0.222 e. The van der Waals surface area contributed by atoms with Crippen molar-refractivity contribution in [2.45, 2.75) is 56.5 Å². The zero-order valence-corrected chi connectivity index (χ0v) is 11.8. The van der Waals surface area contributed by atoms with Gasteiger partial charge < -0.3 is 15.5 Å². The molecule has 104 valence electrons. The second-order valence-corrected chi connectivity index (χ2v) is 6.08. The Morgan fingerprint density at radius 2 is 2.06 bits per heavy atom. The lowest BCUT2D eigenvalue weighted by molar-refractivity contribution is -0.123. The summed E-state index contributed by atoms with van der Waals surface area (Å²) in [4.78, 5) is 14.4. The quantitative estimate of drug-likeness (QED) is 0.789. The standard InChI is InChI=1S/C14H27N3O/c1-15-14(7-4-3-5-8-14)10-13(18)16-12-6-9-17(2)11-12/h12,15H,3-11H2,1-2H3,(H,16,18). The molecule has 1 aliphatic carbocycles. The first kappa shape index (κ1) is 13.8. The van der Waals surface area contributed by atoms with Crippen LogP contribution < -0.4 is 10.6 Å². The van der Waals surface area contributed by atoms with Gasteiger partial charge in [0, 0.05) is 24.5 Å². The van der Waals surface area contributed by atoms with Crippen LogP contribution in [0.1, 0.15) is 44.9 Å². The highest BCUT2D eigenvalue weighted by atomic mass is 16.1. The topological polar surface area (TPSA) is 44.4 Å². The SMILES string of the molecule is CNC1(CC(=O)NC2CCN(C)C2)CCCCC1. The zero-order valence-electron chi connectivity index (χ0n) is 11.8. The maximum atomic E-state index is 12.2. The molecule has 2 aliphatic rings. The number of nitrogens with one attached hydrogen (secondary N) is 2. The van der Waals surface area contributed by atoms with E-state index in [9.17, 15) is 4.79 Å². The van der Waals surface area contributed by atoms with E-state index in [1.807, 2.05) is 7.05 Å². The molecule has 1 amide bonds. The van der Waals surface area contributed by atoms with E-state index < -0.39 is 0 Å². The monoisotopic (exact) mass is 253 g/mol.